The molecule has 1 rings (SSSR count). The standard InChI is InChI=1S/C9H17O5P/c1-3-13-15(11,14-4-2)8-5-6-9(10)12-7-8/h8H,3-7H2,1-2H3. The Hall–Kier alpha value is -0.380. The van der Waals surface area contributed by atoms with Crippen molar-refractivity contribution in [1.29, 1.82) is 0 Å². The average Bonchev–Trinajstić information content (AvgIpc) is 2.19. The Balaban J connectivity index is 2.63. The summed E-state index contributed by atoms with van der Waals surface area (Å²) in [5.41, 5.74) is -0.310. The summed E-state index contributed by atoms with van der Waals surface area (Å²) < 4.78 is 27.5. The molecule has 0 radical (unpaired) electrons. The Bertz CT molecular complexity index is 245. The molecule has 1 saturated heterocycles. The number of hydrogen-bond donors (Lipinski definition) is 0. The number of carbonyl (C=O) groups is 1. The molecular weight excluding hydrogens is 219 g/mol. The first-order chi connectivity index (χ1) is 7.12. The van der Waals surface area contributed by atoms with Gasteiger partial charge in [0.25, 0.3) is 0 Å². The zero-order valence-electron chi connectivity index (χ0n) is 9.10. The minimum absolute atomic E-state index is 0.135. The second kappa shape index (κ2) is 5.64. The molecule has 15 heavy (non-hydrogen) atoms. The molecule has 0 N–H and O–H groups in total. The van der Waals surface area contributed by atoms with Gasteiger partial charge in [0.05, 0.1) is 18.9 Å². The van der Waals surface area contributed by atoms with E-state index >= 15 is 0 Å². The molecule has 5 nitrogen and oxygen atoms in total. The zero-order valence-corrected chi connectivity index (χ0v) is 10.00. The second-order valence-electron chi connectivity index (χ2n) is 3.25. The molecule has 0 aromatic rings. The van der Waals surface area contributed by atoms with Gasteiger partial charge in [-0.05, 0) is 20.3 Å². The summed E-state index contributed by atoms with van der Waals surface area (Å²) in [6, 6.07) is 0. The molecule has 0 aromatic heterocycles. The summed E-state index contributed by atoms with van der Waals surface area (Å²) in [4.78, 5) is 10.9. The van der Waals surface area contributed by atoms with Crippen LogP contribution in [0, 0.1) is 0 Å². The summed E-state index contributed by atoms with van der Waals surface area (Å²) in [5.74, 6) is -0.245. The van der Waals surface area contributed by atoms with Crippen molar-refractivity contribution in [3.05, 3.63) is 0 Å². The number of ether oxygens (including phenoxy) is 1. The van der Waals surface area contributed by atoms with Gasteiger partial charge in [-0.1, -0.05) is 0 Å². The van der Waals surface area contributed by atoms with Gasteiger partial charge < -0.3 is 13.8 Å². The molecule has 1 aliphatic rings. The van der Waals surface area contributed by atoms with Gasteiger partial charge in [0.2, 0.25) is 0 Å². The van der Waals surface area contributed by atoms with Crippen LogP contribution in [0.4, 0.5) is 0 Å². The highest BCUT2D eigenvalue weighted by Crippen LogP contribution is 2.55. The molecule has 1 aliphatic heterocycles. The fourth-order valence-electron chi connectivity index (χ4n) is 1.49. The topological polar surface area (TPSA) is 61.8 Å². The van der Waals surface area contributed by atoms with E-state index in [9.17, 15) is 9.36 Å². The van der Waals surface area contributed by atoms with Crippen LogP contribution in [0.2, 0.25) is 0 Å². The van der Waals surface area contributed by atoms with Crippen LogP contribution < -0.4 is 0 Å². The average molecular weight is 236 g/mol. The fraction of sp³-hybridized carbons (Fsp3) is 0.889. The zero-order chi connectivity index (χ0) is 11.3. The Kier molecular flexibility index (Phi) is 4.77. The molecule has 0 amide bonds. The van der Waals surface area contributed by atoms with Crippen molar-refractivity contribution in [2.45, 2.75) is 32.3 Å². The summed E-state index contributed by atoms with van der Waals surface area (Å²) in [7, 11) is -3.10. The maximum atomic E-state index is 12.2. The van der Waals surface area contributed by atoms with E-state index in [2.05, 4.69) is 0 Å². The van der Waals surface area contributed by atoms with Crippen molar-refractivity contribution in [2.24, 2.45) is 0 Å². The van der Waals surface area contributed by atoms with Gasteiger partial charge in [-0.15, -0.1) is 0 Å². The van der Waals surface area contributed by atoms with Crippen molar-refractivity contribution in [3.63, 3.8) is 0 Å². The molecule has 1 unspecified atom stereocenters. The molecule has 6 heteroatoms. The molecule has 1 fully saturated rings. The summed E-state index contributed by atoms with van der Waals surface area (Å²) in [6.07, 6.45) is 0.797. The van der Waals surface area contributed by atoms with Gasteiger partial charge in [-0.3, -0.25) is 9.36 Å². The van der Waals surface area contributed by atoms with Crippen LogP contribution in [0.25, 0.3) is 0 Å². The Morgan fingerprint density at radius 2 is 2.00 bits per heavy atom. The molecule has 1 heterocycles. The molecule has 0 saturated carbocycles. The quantitative estimate of drug-likeness (QED) is 0.539. The molecule has 1 atom stereocenters. The van der Waals surface area contributed by atoms with Gasteiger partial charge in [-0.25, -0.2) is 0 Å². The highest BCUT2D eigenvalue weighted by atomic mass is 31.2. The van der Waals surface area contributed by atoms with Crippen LogP contribution in [-0.4, -0.2) is 31.4 Å². The van der Waals surface area contributed by atoms with Gasteiger partial charge >= 0.3 is 13.6 Å². The number of carbonyl (C=O) groups excluding carboxylic acids is 1. The van der Waals surface area contributed by atoms with Crippen LogP contribution in [0.3, 0.4) is 0 Å². The maximum Gasteiger partial charge on any atom is 0.337 e. The fourth-order valence-corrected chi connectivity index (χ4v) is 3.40. The van der Waals surface area contributed by atoms with E-state index in [0.29, 0.717) is 19.6 Å². The van der Waals surface area contributed by atoms with E-state index in [1.165, 1.54) is 0 Å². The SMILES string of the molecule is CCOP(=O)(OCC)C1CCC(=O)OC1. The van der Waals surface area contributed by atoms with Gasteiger partial charge in [0, 0.05) is 6.42 Å². The third-order valence-corrected chi connectivity index (χ3v) is 4.72. The molecule has 88 valence electrons. The summed E-state index contributed by atoms with van der Waals surface area (Å²) in [6.45, 7) is 4.33. The van der Waals surface area contributed by atoms with Crippen molar-refractivity contribution in [2.75, 3.05) is 19.8 Å². The van der Waals surface area contributed by atoms with E-state index in [1.807, 2.05) is 0 Å². The molecule has 0 spiro atoms. The van der Waals surface area contributed by atoms with Crippen molar-refractivity contribution >= 4 is 13.6 Å². The lowest BCUT2D eigenvalue weighted by Gasteiger charge is -2.28. The maximum absolute atomic E-state index is 12.2. The number of esters is 1. The van der Waals surface area contributed by atoms with Crippen LogP contribution in [0.15, 0.2) is 0 Å². The summed E-state index contributed by atoms with van der Waals surface area (Å²) >= 11 is 0. The first-order valence-corrected chi connectivity index (χ1v) is 6.78. The van der Waals surface area contributed by atoms with Crippen molar-refractivity contribution in [3.8, 4) is 0 Å². The Morgan fingerprint density at radius 1 is 1.40 bits per heavy atom. The van der Waals surface area contributed by atoms with Gasteiger partial charge in [0.1, 0.15) is 6.61 Å². The van der Waals surface area contributed by atoms with E-state index in [-0.39, 0.29) is 24.7 Å². The second-order valence-corrected chi connectivity index (χ2v) is 5.58. The lowest BCUT2D eigenvalue weighted by molar-refractivity contribution is -0.146. The predicted octanol–water partition coefficient (Wildman–Crippen LogP) is 1.96. The first-order valence-electron chi connectivity index (χ1n) is 5.16. The highest BCUT2D eigenvalue weighted by Gasteiger charge is 2.38. The Morgan fingerprint density at radius 3 is 2.40 bits per heavy atom. The predicted molar refractivity (Wildman–Crippen MR) is 54.8 cm³/mol. The first kappa shape index (κ1) is 12.7. The van der Waals surface area contributed by atoms with Crippen LogP contribution in [-0.2, 0) is 23.1 Å². The molecular formula is C9H17O5P. The van der Waals surface area contributed by atoms with E-state index in [1.54, 1.807) is 13.8 Å². The minimum Gasteiger partial charge on any atom is -0.465 e. The number of hydrogen-bond acceptors (Lipinski definition) is 5. The minimum atomic E-state index is -3.10. The van der Waals surface area contributed by atoms with Crippen LogP contribution in [0.1, 0.15) is 26.7 Å². The monoisotopic (exact) mass is 236 g/mol. The lowest BCUT2D eigenvalue weighted by atomic mass is 10.2. The van der Waals surface area contributed by atoms with Crippen molar-refractivity contribution in [1.82, 2.24) is 0 Å². The molecule has 0 bridgehead atoms. The number of rotatable bonds is 5. The molecule has 0 aromatic carbocycles. The highest BCUT2D eigenvalue weighted by molar-refractivity contribution is 7.54. The van der Waals surface area contributed by atoms with Gasteiger partial charge in [-0.2, -0.15) is 0 Å². The van der Waals surface area contributed by atoms with E-state index < -0.39 is 7.60 Å². The van der Waals surface area contributed by atoms with E-state index in [4.69, 9.17) is 13.8 Å². The third kappa shape index (κ3) is 3.30. The van der Waals surface area contributed by atoms with Gasteiger partial charge in [0.15, 0.2) is 0 Å². The summed E-state index contributed by atoms with van der Waals surface area (Å²) in [5, 5.41) is 0. The molecule has 0 aliphatic carbocycles. The Labute approximate surface area is 89.6 Å². The van der Waals surface area contributed by atoms with Crippen molar-refractivity contribution < 1.29 is 23.1 Å². The lowest BCUT2D eigenvalue weighted by Crippen LogP contribution is -2.27. The van der Waals surface area contributed by atoms with E-state index in [0.717, 1.165) is 0 Å². The van der Waals surface area contributed by atoms with Crippen LogP contribution >= 0.6 is 7.60 Å². The largest absolute Gasteiger partial charge is 0.465 e. The normalized spacial score (nSPS) is 22.5. The third-order valence-electron chi connectivity index (χ3n) is 2.18. The van der Waals surface area contributed by atoms with Crippen LogP contribution in [0.5, 0.6) is 0 Å². The smallest absolute Gasteiger partial charge is 0.337 e. The number of cyclic esters (lactones) is 1.